The highest BCUT2D eigenvalue weighted by atomic mass is 16.9. The lowest BCUT2D eigenvalue weighted by Crippen LogP contribution is -2.23. The molecule has 1 aliphatic rings. The fourth-order valence-electron chi connectivity index (χ4n) is 0.574. The van der Waals surface area contributed by atoms with Crippen LogP contribution in [0, 0.1) is 5.21 Å². The molecule has 3 nitrogen and oxygen atoms in total. The van der Waals surface area contributed by atoms with E-state index in [0.29, 0.717) is 18.4 Å². The zero-order valence-electron chi connectivity index (χ0n) is 4.09. The van der Waals surface area contributed by atoms with Crippen LogP contribution < -0.4 is 0 Å². The van der Waals surface area contributed by atoms with E-state index in [1.807, 2.05) is 0 Å². The Morgan fingerprint density at radius 2 is 2.29 bits per heavy atom. The molecule has 0 aromatic heterocycles. The van der Waals surface area contributed by atoms with E-state index in [2.05, 4.69) is 4.84 Å². The van der Waals surface area contributed by atoms with Crippen molar-refractivity contribution in [3.8, 4) is 0 Å². The third-order valence-corrected chi connectivity index (χ3v) is 0.970. The molecule has 1 fully saturated rings. The van der Waals surface area contributed by atoms with Crippen molar-refractivity contribution >= 4 is 0 Å². The fraction of sp³-hybridized carbons (Fsp3) is 1.00. The molecule has 0 spiro atoms. The third kappa shape index (κ3) is 1.43. The molecule has 1 heterocycles. The minimum absolute atomic E-state index is 0.542. The highest BCUT2D eigenvalue weighted by Gasteiger charge is 1.98. The number of hydrogen-bond donors (Lipinski definition) is 0. The van der Waals surface area contributed by atoms with Gasteiger partial charge in [-0.15, -0.1) is 0 Å². The number of rotatable bonds is 0. The zero-order chi connectivity index (χ0) is 5.11. The van der Waals surface area contributed by atoms with Gasteiger partial charge < -0.3 is 10.0 Å². The van der Waals surface area contributed by atoms with Crippen molar-refractivity contribution in [2.75, 3.05) is 13.2 Å². The van der Waals surface area contributed by atoms with Gasteiger partial charge in [-0.2, -0.15) is 0 Å². The van der Waals surface area contributed by atoms with E-state index in [-0.39, 0.29) is 0 Å². The second kappa shape index (κ2) is 2.26. The molecular formula is C4H8NO2-. The van der Waals surface area contributed by atoms with Crippen molar-refractivity contribution < 1.29 is 4.84 Å². The molecule has 1 rings (SSSR count). The molecule has 0 bridgehead atoms. The van der Waals surface area contributed by atoms with Gasteiger partial charge in [0.2, 0.25) is 0 Å². The number of hydrogen-bond acceptors (Lipinski definition) is 3. The lowest BCUT2D eigenvalue weighted by Gasteiger charge is -2.30. The second-order valence-corrected chi connectivity index (χ2v) is 1.60. The molecule has 0 saturated carbocycles. The molecular weight excluding hydrogens is 94.0 g/mol. The Hall–Kier alpha value is -0.120. The summed E-state index contributed by atoms with van der Waals surface area (Å²) in [6, 6.07) is 0. The summed E-state index contributed by atoms with van der Waals surface area (Å²) in [6.07, 6.45) is 2.00. The van der Waals surface area contributed by atoms with E-state index in [1.165, 1.54) is 0 Å². The zero-order valence-corrected chi connectivity index (χ0v) is 4.09. The quantitative estimate of drug-likeness (QED) is 0.447. The van der Waals surface area contributed by atoms with Crippen molar-refractivity contribution in [3.05, 3.63) is 5.21 Å². The molecule has 42 valence electrons. The van der Waals surface area contributed by atoms with Crippen LogP contribution in [0.25, 0.3) is 0 Å². The Kier molecular flexibility index (Phi) is 1.62. The third-order valence-electron chi connectivity index (χ3n) is 0.970. The van der Waals surface area contributed by atoms with Crippen molar-refractivity contribution in [1.29, 1.82) is 0 Å². The summed E-state index contributed by atoms with van der Waals surface area (Å²) in [6.45, 7) is 1.14. The monoisotopic (exact) mass is 102 g/mol. The van der Waals surface area contributed by atoms with Crippen LogP contribution in [0.3, 0.4) is 0 Å². The first-order valence-corrected chi connectivity index (χ1v) is 2.47. The van der Waals surface area contributed by atoms with Crippen LogP contribution in [-0.4, -0.2) is 18.4 Å². The first-order chi connectivity index (χ1) is 3.39. The maximum Gasteiger partial charge on any atom is 0.0673 e. The van der Waals surface area contributed by atoms with Crippen molar-refractivity contribution in [1.82, 2.24) is 5.23 Å². The van der Waals surface area contributed by atoms with Gasteiger partial charge in [-0.1, -0.05) is 0 Å². The van der Waals surface area contributed by atoms with Gasteiger partial charge >= 0.3 is 0 Å². The molecule has 0 radical (unpaired) electrons. The molecule has 0 aromatic carbocycles. The molecule has 0 amide bonds. The molecule has 1 saturated heterocycles. The summed E-state index contributed by atoms with van der Waals surface area (Å²) in [7, 11) is 0. The first-order valence-electron chi connectivity index (χ1n) is 2.47. The van der Waals surface area contributed by atoms with Crippen molar-refractivity contribution in [3.63, 3.8) is 0 Å². The smallest absolute Gasteiger partial charge is 0.0673 e. The Balaban J connectivity index is 2.12. The number of nitrogens with zero attached hydrogens (tertiary/aromatic N) is 1. The van der Waals surface area contributed by atoms with Gasteiger partial charge in [0.25, 0.3) is 0 Å². The molecule has 0 atom stereocenters. The van der Waals surface area contributed by atoms with E-state index in [4.69, 9.17) is 0 Å². The Labute approximate surface area is 42.4 Å². The molecule has 0 aromatic rings. The highest BCUT2D eigenvalue weighted by Crippen LogP contribution is 2.01. The SMILES string of the molecule is [O-]N1CCCCO1. The van der Waals surface area contributed by atoms with Crippen molar-refractivity contribution in [2.45, 2.75) is 12.8 Å². The largest absolute Gasteiger partial charge is 0.762 e. The molecule has 0 aliphatic carbocycles. The molecule has 3 heteroatoms. The first kappa shape index (κ1) is 5.03. The molecule has 7 heavy (non-hydrogen) atoms. The predicted molar refractivity (Wildman–Crippen MR) is 25.3 cm³/mol. The van der Waals surface area contributed by atoms with Gasteiger partial charge in [0, 0.05) is 6.54 Å². The van der Waals surface area contributed by atoms with Crippen LogP contribution in [0.4, 0.5) is 0 Å². The van der Waals surface area contributed by atoms with Gasteiger partial charge in [-0.05, 0) is 12.8 Å². The van der Waals surface area contributed by atoms with Crippen LogP contribution >= 0.6 is 0 Å². The molecule has 1 aliphatic heterocycles. The van der Waals surface area contributed by atoms with E-state index in [1.54, 1.807) is 0 Å². The normalized spacial score (nSPS) is 25.3. The fourth-order valence-corrected chi connectivity index (χ4v) is 0.574. The Bertz CT molecular complexity index is 51.7. The number of hydroxylamine groups is 2. The standard InChI is InChI=1S/C4H8NO2/c6-5-3-1-2-4-7-5/h1-4H2/q-1. The Morgan fingerprint density at radius 1 is 1.43 bits per heavy atom. The van der Waals surface area contributed by atoms with E-state index in [9.17, 15) is 5.21 Å². The van der Waals surface area contributed by atoms with Gasteiger partial charge in [0.1, 0.15) is 0 Å². The maximum atomic E-state index is 10.2. The minimum Gasteiger partial charge on any atom is -0.762 e. The second-order valence-electron chi connectivity index (χ2n) is 1.60. The average molecular weight is 102 g/mol. The summed E-state index contributed by atoms with van der Waals surface area (Å²) >= 11 is 0. The lowest BCUT2D eigenvalue weighted by molar-refractivity contribution is -0.143. The Morgan fingerprint density at radius 3 is 2.57 bits per heavy atom. The summed E-state index contributed by atoms with van der Waals surface area (Å²) in [5, 5.41) is 10.8. The van der Waals surface area contributed by atoms with Crippen molar-refractivity contribution in [2.24, 2.45) is 0 Å². The van der Waals surface area contributed by atoms with Gasteiger partial charge in [0.05, 0.1) is 6.61 Å². The summed E-state index contributed by atoms with van der Waals surface area (Å²) < 4.78 is 0. The lowest BCUT2D eigenvalue weighted by atomic mass is 10.3. The highest BCUT2D eigenvalue weighted by molar-refractivity contribution is 4.50. The summed E-state index contributed by atoms with van der Waals surface area (Å²) in [4.78, 5) is 4.56. The molecule has 0 unspecified atom stereocenters. The van der Waals surface area contributed by atoms with Crippen LogP contribution in [0.5, 0.6) is 0 Å². The summed E-state index contributed by atoms with van der Waals surface area (Å²) in [5.74, 6) is 0. The van der Waals surface area contributed by atoms with Gasteiger partial charge in [0.15, 0.2) is 0 Å². The predicted octanol–water partition coefficient (Wildman–Crippen LogP) is 0.512. The van der Waals surface area contributed by atoms with E-state index >= 15 is 0 Å². The molecule has 0 N–H and O–H groups in total. The minimum atomic E-state index is 0.542. The maximum absolute atomic E-state index is 10.2. The summed E-state index contributed by atoms with van der Waals surface area (Å²) in [5.41, 5.74) is 0. The van der Waals surface area contributed by atoms with Crippen LogP contribution in [0.2, 0.25) is 0 Å². The topological polar surface area (TPSA) is 35.5 Å². The van der Waals surface area contributed by atoms with Crippen LogP contribution in [-0.2, 0) is 4.84 Å². The van der Waals surface area contributed by atoms with Crippen LogP contribution in [0.1, 0.15) is 12.8 Å². The van der Waals surface area contributed by atoms with Gasteiger partial charge in [-0.25, -0.2) is 0 Å². The van der Waals surface area contributed by atoms with E-state index < -0.39 is 0 Å². The average Bonchev–Trinajstić information content (AvgIpc) is 1.69. The van der Waals surface area contributed by atoms with Crippen LogP contribution in [0.15, 0.2) is 0 Å². The van der Waals surface area contributed by atoms with E-state index in [0.717, 1.165) is 12.8 Å². The van der Waals surface area contributed by atoms with Gasteiger partial charge in [-0.3, -0.25) is 5.23 Å².